The summed E-state index contributed by atoms with van der Waals surface area (Å²) in [6.07, 6.45) is -0.183. The molecule has 0 aliphatic heterocycles. The third-order valence-corrected chi connectivity index (χ3v) is 3.64. The van der Waals surface area contributed by atoms with Gasteiger partial charge in [0.05, 0.1) is 13.2 Å². The summed E-state index contributed by atoms with van der Waals surface area (Å²) in [6, 6.07) is 12.7. The van der Waals surface area contributed by atoms with Crippen LogP contribution in [0.5, 0.6) is 5.75 Å². The van der Waals surface area contributed by atoms with E-state index in [0.717, 1.165) is 5.56 Å². The third-order valence-electron chi connectivity index (χ3n) is 3.64. The fraction of sp³-hybridized carbons (Fsp3) is 0.333. The molecule has 2 rings (SSSR count). The highest BCUT2D eigenvalue weighted by Crippen LogP contribution is 2.25. The zero-order chi connectivity index (χ0) is 15.4. The highest BCUT2D eigenvalue weighted by atomic mass is 19.1. The zero-order valence-corrected chi connectivity index (χ0v) is 12.6. The Balaban J connectivity index is 2.12. The highest BCUT2D eigenvalue weighted by molar-refractivity contribution is 5.33. The number of ether oxygens (including phenoxy) is 1. The van der Waals surface area contributed by atoms with Crippen molar-refractivity contribution in [2.24, 2.45) is 0 Å². The van der Waals surface area contributed by atoms with E-state index in [1.54, 1.807) is 12.1 Å². The molecular formula is C18H21FO2. The van der Waals surface area contributed by atoms with Crippen molar-refractivity contribution in [3.63, 3.8) is 0 Å². The SMILES string of the molecule is COc1cc(C(O)Cc2ccc(C(C)C)cc2)ccc1F. The van der Waals surface area contributed by atoms with Crippen LogP contribution in [0.25, 0.3) is 0 Å². The Morgan fingerprint density at radius 2 is 1.67 bits per heavy atom. The molecule has 0 aliphatic carbocycles. The van der Waals surface area contributed by atoms with E-state index in [1.807, 2.05) is 12.1 Å². The van der Waals surface area contributed by atoms with Crippen LogP contribution in [0.4, 0.5) is 4.39 Å². The molecule has 0 fully saturated rings. The van der Waals surface area contributed by atoms with Gasteiger partial charge in [0, 0.05) is 6.42 Å². The number of aliphatic hydroxyl groups is 1. The summed E-state index contributed by atoms with van der Waals surface area (Å²) < 4.78 is 18.3. The van der Waals surface area contributed by atoms with Gasteiger partial charge in [0.25, 0.3) is 0 Å². The Labute approximate surface area is 125 Å². The van der Waals surface area contributed by atoms with Crippen LogP contribution in [0.15, 0.2) is 42.5 Å². The minimum absolute atomic E-state index is 0.154. The lowest BCUT2D eigenvalue weighted by atomic mass is 9.97. The second-order valence-electron chi connectivity index (χ2n) is 5.51. The molecule has 112 valence electrons. The Kier molecular flexibility index (Phi) is 4.97. The molecule has 1 unspecified atom stereocenters. The Morgan fingerprint density at radius 1 is 1.05 bits per heavy atom. The Bertz CT molecular complexity index is 591. The van der Waals surface area contributed by atoms with E-state index >= 15 is 0 Å². The van der Waals surface area contributed by atoms with Gasteiger partial charge in [0.2, 0.25) is 0 Å². The van der Waals surface area contributed by atoms with Crippen molar-refractivity contribution >= 4 is 0 Å². The predicted octanol–water partition coefficient (Wildman–Crippen LogP) is 4.23. The van der Waals surface area contributed by atoms with Gasteiger partial charge in [-0.2, -0.15) is 0 Å². The maximum atomic E-state index is 13.4. The number of rotatable bonds is 5. The summed E-state index contributed by atoms with van der Waals surface area (Å²) in [5, 5.41) is 10.3. The molecule has 0 bridgehead atoms. The zero-order valence-electron chi connectivity index (χ0n) is 12.6. The van der Waals surface area contributed by atoms with Crippen molar-refractivity contribution in [3.05, 3.63) is 65.0 Å². The van der Waals surface area contributed by atoms with Crippen LogP contribution in [0.1, 0.15) is 42.6 Å². The van der Waals surface area contributed by atoms with E-state index in [1.165, 1.54) is 18.7 Å². The lowest BCUT2D eigenvalue weighted by molar-refractivity contribution is 0.178. The predicted molar refractivity (Wildman–Crippen MR) is 82.1 cm³/mol. The molecular weight excluding hydrogens is 267 g/mol. The topological polar surface area (TPSA) is 29.5 Å². The number of hydrogen-bond donors (Lipinski definition) is 1. The molecule has 0 saturated heterocycles. The van der Waals surface area contributed by atoms with Gasteiger partial charge in [-0.3, -0.25) is 0 Å². The molecule has 3 heteroatoms. The van der Waals surface area contributed by atoms with Gasteiger partial charge in [0.1, 0.15) is 0 Å². The summed E-state index contributed by atoms with van der Waals surface area (Å²) in [6.45, 7) is 4.29. The summed E-state index contributed by atoms with van der Waals surface area (Å²) in [7, 11) is 1.42. The smallest absolute Gasteiger partial charge is 0.165 e. The van der Waals surface area contributed by atoms with Gasteiger partial charge in [-0.25, -0.2) is 4.39 Å². The van der Waals surface area contributed by atoms with E-state index in [-0.39, 0.29) is 5.75 Å². The van der Waals surface area contributed by atoms with Crippen LogP contribution in [-0.4, -0.2) is 12.2 Å². The van der Waals surface area contributed by atoms with Gasteiger partial charge in [-0.05, 0) is 34.7 Å². The molecule has 21 heavy (non-hydrogen) atoms. The van der Waals surface area contributed by atoms with E-state index in [2.05, 4.69) is 26.0 Å². The molecule has 0 saturated carbocycles. The Morgan fingerprint density at radius 3 is 2.24 bits per heavy atom. The van der Waals surface area contributed by atoms with E-state index in [0.29, 0.717) is 17.9 Å². The van der Waals surface area contributed by atoms with Crippen LogP contribution in [-0.2, 0) is 6.42 Å². The molecule has 1 atom stereocenters. The molecule has 1 N–H and O–H groups in total. The second kappa shape index (κ2) is 6.72. The highest BCUT2D eigenvalue weighted by Gasteiger charge is 2.12. The molecule has 2 nitrogen and oxygen atoms in total. The summed E-state index contributed by atoms with van der Waals surface area (Å²) >= 11 is 0. The fourth-order valence-electron chi connectivity index (χ4n) is 2.26. The van der Waals surface area contributed by atoms with Crippen molar-refractivity contribution in [2.45, 2.75) is 32.3 Å². The van der Waals surface area contributed by atoms with Crippen molar-refractivity contribution in [1.29, 1.82) is 0 Å². The summed E-state index contributed by atoms with van der Waals surface area (Å²) in [5.41, 5.74) is 2.98. The van der Waals surface area contributed by atoms with Crippen molar-refractivity contribution in [3.8, 4) is 5.75 Å². The Hall–Kier alpha value is -1.87. The average Bonchev–Trinajstić information content (AvgIpc) is 2.48. The normalized spacial score (nSPS) is 12.5. The molecule has 0 heterocycles. The van der Waals surface area contributed by atoms with Gasteiger partial charge in [-0.15, -0.1) is 0 Å². The monoisotopic (exact) mass is 288 g/mol. The van der Waals surface area contributed by atoms with Crippen molar-refractivity contribution in [1.82, 2.24) is 0 Å². The number of methoxy groups -OCH3 is 1. The van der Waals surface area contributed by atoms with Crippen LogP contribution >= 0.6 is 0 Å². The molecule has 2 aromatic carbocycles. The van der Waals surface area contributed by atoms with E-state index in [9.17, 15) is 9.50 Å². The van der Waals surface area contributed by atoms with Gasteiger partial charge in [0.15, 0.2) is 11.6 Å². The fourth-order valence-corrected chi connectivity index (χ4v) is 2.26. The first-order chi connectivity index (χ1) is 10.0. The molecule has 2 aromatic rings. The van der Waals surface area contributed by atoms with Crippen molar-refractivity contribution < 1.29 is 14.2 Å². The standard InChI is InChI=1S/C18H21FO2/c1-12(2)14-6-4-13(5-7-14)10-17(20)15-8-9-16(19)18(11-15)21-3/h4-9,11-12,17,20H,10H2,1-3H3. The maximum Gasteiger partial charge on any atom is 0.165 e. The number of aliphatic hydroxyl groups excluding tert-OH is 1. The van der Waals surface area contributed by atoms with Crippen molar-refractivity contribution in [2.75, 3.05) is 7.11 Å². The van der Waals surface area contributed by atoms with Gasteiger partial charge in [-0.1, -0.05) is 44.2 Å². The molecule has 0 aliphatic rings. The van der Waals surface area contributed by atoms with Crippen LogP contribution in [0.2, 0.25) is 0 Å². The number of hydrogen-bond acceptors (Lipinski definition) is 2. The van der Waals surface area contributed by atoms with Gasteiger partial charge < -0.3 is 9.84 Å². The lowest BCUT2D eigenvalue weighted by Gasteiger charge is -2.13. The first kappa shape index (κ1) is 15.5. The van der Waals surface area contributed by atoms with E-state index < -0.39 is 11.9 Å². The molecule has 0 radical (unpaired) electrons. The first-order valence-corrected chi connectivity index (χ1v) is 7.11. The minimum Gasteiger partial charge on any atom is -0.494 e. The third kappa shape index (κ3) is 3.82. The van der Waals surface area contributed by atoms with Gasteiger partial charge >= 0.3 is 0 Å². The summed E-state index contributed by atoms with van der Waals surface area (Å²) in [4.78, 5) is 0. The number of benzene rings is 2. The lowest BCUT2D eigenvalue weighted by Crippen LogP contribution is -2.03. The molecule has 0 amide bonds. The second-order valence-corrected chi connectivity index (χ2v) is 5.51. The minimum atomic E-state index is -0.676. The first-order valence-electron chi connectivity index (χ1n) is 7.11. The maximum absolute atomic E-state index is 13.4. The van der Waals surface area contributed by atoms with Crippen LogP contribution < -0.4 is 4.74 Å². The van der Waals surface area contributed by atoms with Crippen LogP contribution in [0.3, 0.4) is 0 Å². The molecule has 0 spiro atoms. The van der Waals surface area contributed by atoms with E-state index in [4.69, 9.17) is 4.74 Å². The van der Waals surface area contributed by atoms with Crippen LogP contribution in [0, 0.1) is 5.82 Å². The quantitative estimate of drug-likeness (QED) is 0.892. The largest absolute Gasteiger partial charge is 0.494 e. The summed E-state index contributed by atoms with van der Waals surface area (Å²) in [5.74, 6) is 0.224. The molecule has 0 aromatic heterocycles. The average molecular weight is 288 g/mol. The number of halogens is 1.